The number of rotatable bonds is 3. The van der Waals surface area contributed by atoms with Crippen LogP contribution < -0.4 is 0 Å². The van der Waals surface area contributed by atoms with Crippen molar-refractivity contribution in [2.75, 3.05) is 0 Å². The smallest absolute Gasteiger partial charge is 0.0930 e. The van der Waals surface area contributed by atoms with Gasteiger partial charge in [0.1, 0.15) is 0 Å². The van der Waals surface area contributed by atoms with Crippen LogP contribution in [0.2, 0.25) is 0 Å². The fourth-order valence-corrected chi connectivity index (χ4v) is 6.15. The predicted octanol–water partition coefficient (Wildman–Crippen LogP) is 9.74. The second-order valence-corrected chi connectivity index (χ2v) is 12.4. The van der Waals surface area contributed by atoms with Gasteiger partial charge in [0.15, 0.2) is 0 Å². The molecule has 1 radical (unpaired) electrons. The third-order valence-corrected chi connectivity index (χ3v) is 9.17. The zero-order chi connectivity index (χ0) is 30.2. The van der Waals surface area contributed by atoms with Gasteiger partial charge in [-0.15, -0.1) is 41.5 Å². The van der Waals surface area contributed by atoms with Gasteiger partial charge < -0.3 is 4.98 Å². The first-order valence-corrected chi connectivity index (χ1v) is 14.9. The van der Waals surface area contributed by atoms with E-state index in [9.17, 15) is 0 Å². The van der Waals surface area contributed by atoms with E-state index in [0.29, 0.717) is 0 Å². The van der Waals surface area contributed by atoms with E-state index in [4.69, 9.17) is 5.10 Å². The number of fused-ring (bicyclic) bond motifs is 3. The molecule has 0 amide bonds. The molecule has 0 atom stereocenters. The van der Waals surface area contributed by atoms with Crippen LogP contribution in [0.25, 0.3) is 39.3 Å². The van der Waals surface area contributed by atoms with Gasteiger partial charge in [-0.05, 0) is 77.2 Å². The molecule has 2 aromatic heterocycles. The summed E-state index contributed by atoms with van der Waals surface area (Å²) in [7, 11) is 0. The minimum Gasteiger partial charge on any atom is -0.305 e. The van der Waals surface area contributed by atoms with Crippen LogP contribution in [0.3, 0.4) is 0 Å². The van der Waals surface area contributed by atoms with E-state index in [2.05, 4.69) is 124 Å². The number of nitrogens with zero attached hydrogens (tertiary/aromatic N) is 3. The number of hydrogen-bond acceptors (Lipinski definition) is 2. The largest absolute Gasteiger partial charge is 0.305 e. The number of hydrogen-bond donors (Lipinski definition) is 0. The predicted molar refractivity (Wildman–Crippen MR) is 177 cm³/mol. The van der Waals surface area contributed by atoms with E-state index in [1.807, 2.05) is 48.5 Å². The summed E-state index contributed by atoms with van der Waals surface area (Å²) in [6.07, 6.45) is 1.79. The van der Waals surface area contributed by atoms with Crippen molar-refractivity contribution in [3.05, 3.63) is 150 Å². The molecule has 7 rings (SSSR count). The average molecular weight is 752 g/mol. The van der Waals surface area contributed by atoms with E-state index in [1.165, 1.54) is 39.1 Å². The Balaban J connectivity index is 0.000000248. The fraction of sp³-hybridized carbons (Fsp3) is 0.200. The van der Waals surface area contributed by atoms with Crippen molar-refractivity contribution in [2.45, 2.75) is 52.4 Å². The SMILES string of the molecule is Cc1cc(-c2cc3n(n2)-c2[c-]cccc2C(C)(C)C3(C)C)cc(C)c1-c1ccccc1.[Ir].[c-]1ccccc1-c1ccccn1. The number of benzene rings is 4. The fourth-order valence-electron chi connectivity index (χ4n) is 6.15. The van der Waals surface area contributed by atoms with Gasteiger partial charge in [0.2, 0.25) is 0 Å². The Kier molecular flexibility index (Phi) is 8.88. The monoisotopic (exact) mass is 752 g/mol. The van der Waals surface area contributed by atoms with Crippen molar-refractivity contribution >= 4 is 0 Å². The van der Waals surface area contributed by atoms with Gasteiger partial charge in [0.25, 0.3) is 0 Å². The molecule has 3 nitrogen and oxygen atoms in total. The molecule has 0 aliphatic carbocycles. The van der Waals surface area contributed by atoms with Gasteiger partial charge >= 0.3 is 0 Å². The van der Waals surface area contributed by atoms with Crippen LogP contribution in [-0.2, 0) is 30.9 Å². The summed E-state index contributed by atoms with van der Waals surface area (Å²) in [5.74, 6) is 0. The maximum absolute atomic E-state index is 5.09. The Morgan fingerprint density at radius 2 is 1.32 bits per heavy atom. The van der Waals surface area contributed by atoms with Crippen LogP contribution in [0.1, 0.15) is 50.1 Å². The average Bonchev–Trinajstić information content (AvgIpc) is 3.49. The first-order chi connectivity index (χ1) is 20.7. The number of aryl methyl sites for hydroxylation is 2. The second kappa shape index (κ2) is 12.5. The van der Waals surface area contributed by atoms with Gasteiger partial charge in [-0.25, -0.2) is 0 Å². The van der Waals surface area contributed by atoms with Crippen LogP contribution in [0.15, 0.2) is 115 Å². The number of pyridine rings is 1. The molecule has 6 aromatic rings. The number of aromatic nitrogens is 3. The van der Waals surface area contributed by atoms with Crippen molar-refractivity contribution in [1.29, 1.82) is 0 Å². The molecule has 44 heavy (non-hydrogen) atoms. The third-order valence-electron chi connectivity index (χ3n) is 9.17. The first kappa shape index (κ1) is 31.3. The standard InChI is InChI=1S/C29H29N2.C11H8N.Ir/c1-19-16-22(17-20(2)27(19)21-12-8-7-9-13-21)24-18-26-29(5,6)28(3,4)23-14-10-11-15-25(23)31(26)30-24;1-2-6-10(7-3-1)11-8-4-5-9-12-11;/h7-14,16-18H,1-6H3;1-6,8-9H;/q2*-1;. The van der Waals surface area contributed by atoms with Crippen LogP contribution >= 0.6 is 0 Å². The van der Waals surface area contributed by atoms with Crippen LogP contribution in [-0.4, -0.2) is 14.8 Å². The molecule has 0 unspecified atom stereocenters. The molecule has 0 saturated heterocycles. The minimum atomic E-state index is -0.0610. The minimum absolute atomic E-state index is 0. The van der Waals surface area contributed by atoms with Gasteiger partial charge in [-0.3, -0.25) is 4.68 Å². The zero-order valence-electron chi connectivity index (χ0n) is 26.1. The Morgan fingerprint density at radius 1 is 0.636 bits per heavy atom. The summed E-state index contributed by atoms with van der Waals surface area (Å²) in [5, 5.41) is 5.09. The van der Waals surface area contributed by atoms with E-state index >= 15 is 0 Å². The van der Waals surface area contributed by atoms with Crippen molar-refractivity contribution in [1.82, 2.24) is 14.8 Å². The van der Waals surface area contributed by atoms with Crippen LogP contribution in [0, 0.1) is 26.0 Å². The van der Waals surface area contributed by atoms with Crippen LogP contribution in [0.4, 0.5) is 0 Å². The quantitative estimate of drug-likeness (QED) is 0.169. The molecular weight excluding hydrogens is 715 g/mol. The summed E-state index contributed by atoms with van der Waals surface area (Å²) >= 11 is 0. The second-order valence-electron chi connectivity index (χ2n) is 12.4. The van der Waals surface area contributed by atoms with Crippen molar-refractivity contribution < 1.29 is 20.1 Å². The maximum Gasteiger partial charge on any atom is 0.0930 e. The van der Waals surface area contributed by atoms with Crippen molar-refractivity contribution in [3.63, 3.8) is 0 Å². The van der Waals surface area contributed by atoms with Gasteiger partial charge in [-0.1, -0.05) is 70.2 Å². The molecule has 1 aliphatic rings. The topological polar surface area (TPSA) is 30.7 Å². The summed E-state index contributed by atoms with van der Waals surface area (Å²) < 4.78 is 2.12. The Morgan fingerprint density at radius 3 is 1.98 bits per heavy atom. The summed E-state index contributed by atoms with van der Waals surface area (Å²) in [6, 6.07) is 44.0. The van der Waals surface area contributed by atoms with Crippen molar-refractivity contribution in [2.24, 2.45) is 0 Å². The van der Waals surface area contributed by atoms with E-state index < -0.39 is 0 Å². The molecule has 0 bridgehead atoms. The molecule has 3 heterocycles. The molecule has 0 fully saturated rings. The van der Waals surface area contributed by atoms with Gasteiger partial charge in [-0.2, -0.15) is 29.4 Å². The van der Waals surface area contributed by atoms with Crippen LogP contribution in [0.5, 0.6) is 0 Å². The summed E-state index contributed by atoms with van der Waals surface area (Å²) in [5.41, 5.74) is 12.9. The normalized spacial score (nSPS) is 13.9. The molecule has 4 heteroatoms. The molecule has 0 saturated carbocycles. The molecular formula is C40H37IrN3-2. The third kappa shape index (κ3) is 5.61. The van der Waals surface area contributed by atoms with E-state index in [1.54, 1.807) is 6.20 Å². The maximum atomic E-state index is 5.09. The molecule has 223 valence electrons. The van der Waals surface area contributed by atoms with Gasteiger partial charge in [0, 0.05) is 43.0 Å². The zero-order valence-corrected chi connectivity index (χ0v) is 28.5. The molecule has 0 N–H and O–H groups in total. The number of para-hydroxylation sites is 1. The Labute approximate surface area is 275 Å². The first-order valence-electron chi connectivity index (χ1n) is 14.9. The summed E-state index contributed by atoms with van der Waals surface area (Å²) in [6.45, 7) is 13.7. The summed E-state index contributed by atoms with van der Waals surface area (Å²) in [4.78, 5) is 4.22. The molecule has 4 aromatic carbocycles. The van der Waals surface area contributed by atoms with Crippen molar-refractivity contribution in [3.8, 4) is 39.3 Å². The van der Waals surface area contributed by atoms with E-state index in [-0.39, 0.29) is 30.9 Å². The van der Waals surface area contributed by atoms with Gasteiger partial charge in [0.05, 0.1) is 5.69 Å². The Bertz CT molecular complexity index is 1810. The van der Waals surface area contributed by atoms with E-state index in [0.717, 1.165) is 22.6 Å². The Hall–Kier alpha value is -4.11. The molecule has 0 spiro atoms. The molecule has 1 aliphatic heterocycles.